The number of esters is 2. The van der Waals surface area contributed by atoms with Gasteiger partial charge in [0, 0.05) is 5.56 Å². The quantitative estimate of drug-likeness (QED) is 0.706. The molecule has 25 heavy (non-hydrogen) atoms. The van der Waals surface area contributed by atoms with Crippen molar-refractivity contribution in [3.8, 4) is 5.75 Å². The van der Waals surface area contributed by atoms with Crippen molar-refractivity contribution in [2.75, 3.05) is 13.7 Å². The minimum Gasteiger partial charge on any atom is -0.482 e. The molecule has 0 radical (unpaired) electrons. The highest BCUT2D eigenvalue weighted by Crippen LogP contribution is 2.26. The molecule has 0 aromatic heterocycles. The average molecular weight is 348 g/mol. The summed E-state index contributed by atoms with van der Waals surface area (Å²) in [6, 6.07) is 3.83. The smallest absolute Gasteiger partial charge is 0.344 e. The van der Waals surface area contributed by atoms with E-state index >= 15 is 0 Å². The molecule has 0 unspecified atom stereocenters. The lowest BCUT2D eigenvalue weighted by molar-refractivity contribution is -0.152. The van der Waals surface area contributed by atoms with Crippen molar-refractivity contribution >= 4 is 11.9 Å². The van der Waals surface area contributed by atoms with Crippen LogP contribution in [0.5, 0.6) is 5.75 Å². The van der Waals surface area contributed by atoms with Crippen LogP contribution in [0.15, 0.2) is 12.1 Å². The largest absolute Gasteiger partial charge is 0.482 e. The molecule has 1 aliphatic carbocycles. The molecule has 0 atom stereocenters. The second-order valence-corrected chi connectivity index (χ2v) is 6.53. The maximum absolute atomic E-state index is 12.1. The first-order valence-electron chi connectivity index (χ1n) is 9.05. The first-order valence-corrected chi connectivity index (χ1v) is 9.05. The number of ether oxygens (including phenoxy) is 3. The van der Waals surface area contributed by atoms with Gasteiger partial charge in [0.25, 0.3) is 0 Å². The number of hydrogen-bond donors (Lipinski definition) is 0. The minimum atomic E-state index is -0.352. The zero-order chi connectivity index (χ0) is 18.2. The molecule has 1 saturated carbocycles. The highest BCUT2D eigenvalue weighted by Gasteiger charge is 2.19. The fraction of sp³-hybridized carbons (Fsp3) is 0.600. The van der Waals surface area contributed by atoms with E-state index < -0.39 is 0 Å². The van der Waals surface area contributed by atoms with E-state index in [-0.39, 0.29) is 31.1 Å². The Balaban J connectivity index is 2.02. The Morgan fingerprint density at radius 2 is 1.80 bits per heavy atom. The van der Waals surface area contributed by atoms with Crippen LogP contribution in [0, 0.1) is 6.92 Å². The first kappa shape index (κ1) is 19.3. The molecule has 138 valence electrons. The SMILES string of the molecule is CCc1cc(OCC(=O)OC2CCCCC2)c(CC(=O)OC)cc1C. The number of benzene rings is 1. The molecule has 1 aromatic carbocycles. The Morgan fingerprint density at radius 3 is 2.44 bits per heavy atom. The number of carbonyl (C=O) groups is 2. The van der Waals surface area contributed by atoms with E-state index in [0.29, 0.717) is 5.75 Å². The van der Waals surface area contributed by atoms with E-state index in [9.17, 15) is 9.59 Å². The van der Waals surface area contributed by atoms with Gasteiger partial charge in [0.2, 0.25) is 0 Å². The summed E-state index contributed by atoms with van der Waals surface area (Å²) in [5.74, 6) is -0.138. The van der Waals surface area contributed by atoms with E-state index in [1.54, 1.807) is 0 Å². The zero-order valence-corrected chi connectivity index (χ0v) is 15.4. The molecule has 0 saturated heterocycles. The lowest BCUT2D eigenvalue weighted by Crippen LogP contribution is -2.24. The van der Waals surface area contributed by atoms with E-state index in [1.165, 1.54) is 13.5 Å². The van der Waals surface area contributed by atoms with Crippen LogP contribution in [0.1, 0.15) is 55.7 Å². The summed E-state index contributed by atoms with van der Waals surface area (Å²) in [7, 11) is 1.36. The molecular formula is C20H28O5. The van der Waals surface area contributed by atoms with Crippen molar-refractivity contribution < 1.29 is 23.8 Å². The molecule has 5 nitrogen and oxygen atoms in total. The number of methoxy groups -OCH3 is 1. The molecule has 0 bridgehead atoms. The van der Waals surface area contributed by atoms with Crippen LogP contribution in [-0.2, 0) is 31.9 Å². The number of carbonyl (C=O) groups excluding carboxylic acids is 2. The van der Waals surface area contributed by atoms with Crippen LogP contribution in [0.4, 0.5) is 0 Å². The Kier molecular flexibility index (Phi) is 7.29. The molecule has 0 heterocycles. The molecule has 1 aliphatic rings. The van der Waals surface area contributed by atoms with E-state index in [2.05, 4.69) is 6.92 Å². The Bertz CT molecular complexity index is 602. The topological polar surface area (TPSA) is 61.8 Å². The summed E-state index contributed by atoms with van der Waals surface area (Å²) >= 11 is 0. The Labute approximate surface area is 149 Å². The molecule has 0 N–H and O–H groups in total. The molecule has 0 amide bonds. The number of aryl methyl sites for hydroxylation is 2. The Hall–Kier alpha value is -2.04. The monoisotopic (exact) mass is 348 g/mol. The second kappa shape index (κ2) is 9.44. The lowest BCUT2D eigenvalue weighted by atomic mass is 9.98. The molecule has 0 spiro atoms. The third-order valence-electron chi connectivity index (χ3n) is 4.66. The van der Waals surface area contributed by atoms with Crippen molar-refractivity contribution in [2.24, 2.45) is 0 Å². The zero-order valence-electron chi connectivity index (χ0n) is 15.4. The van der Waals surface area contributed by atoms with Crippen LogP contribution in [0.25, 0.3) is 0 Å². The van der Waals surface area contributed by atoms with Crippen LogP contribution in [-0.4, -0.2) is 31.8 Å². The van der Waals surface area contributed by atoms with E-state index in [0.717, 1.165) is 48.8 Å². The normalized spacial score (nSPS) is 14.8. The fourth-order valence-electron chi connectivity index (χ4n) is 3.21. The third-order valence-corrected chi connectivity index (χ3v) is 4.66. The van der Waals surface area contributed by atoms with Crippen molar-refractivity contribution in [1.29, 1.82) is 0 Å². The standard InChI is InChI=1S/C20H28O5/c1-4-15-11-18(16(10-14(15)2)12-19(21)23-3)24-13-20(22)25-17-8-6-5-7-9-17/h10-11,17H,4-9,12-13H2,1-3H3. The van der Waals surface area contributed by atoms with Gasteiger partial charge in [-0.2, -0.15) is 0 Å². The third kappa shape index (κ3) is 5.76. The van der Waals surface area contributed by atoms with E-state index in [4.69, 9.17) is 14.2 Å². The highest BCUT2D eigenvalue weighted by molar-refractivity contribution is 5.74. The number of hydrogen-bond acceptors (Lipinski definition) is 5. The van der Waals surface area contributed by atoms with Crippen molar-refractivity contribution in [3.05, 3.63) is 28.8 Å². The molecule has 2 rings (SSSR count). The van der Waals surface area contributed by atoms with Gasteiger partial charge in [-0.25, -0.2) is 4.79 Å². The maximum atomic E-state index is 12.1. The van der Waals surface area contributed by atoms with Crippen molar-refractivity contribution in [1.82, 2.24) is 0 Å². The predicted molar refractivity (Wildman–Crippen MR) is 94.7 cm³/mol. The maximum Gasteiger partial charge on any atom is 0.344 e. The summed E-state index contributed by atoms with van der Waals surface area (Å²) in [6.07, 6.45) is 6.29. The van der Waals surface area contributed by atoms with Crippen LogP contribution >= 0.6 is 0 Å². The van der Waals surface area contributed by atoms with Gasteiger partial charge < -0.3 is 14.2 Å². The molecule has 1 fully saturated rings. The molecular weight excluding hydrogens is 320 g/mol. The van der Waals surface area contributed by atoms with Gasteiger partial charge in [-0.3, -0.25) is 4.79 Å². The average Bonchev–Trinajstić information content (AvgIpc) is 2.61. The van der Waals surface area contributed by atoms with E-state index in [1.807, 2.05) is 19.1 Å². The first-order chi connectivity index (χ1) is 12.0. The van der Waals surface area contributed by atoms with Crippen molar-refractivity contribution in [2.45, 2.75) is 64.9 Å². The van der Waals surface area contributed by atoms with Crippen LogP contribution in [0.3, 0.4) is 0 Å². The summed E-state index contributed by atoms with van der Waals surface area (Å²) in [4.78, 5) is 23.7. The minimum absolute atomic E-state index is 0.0172. The highest BCUT2D eigenvalue weighted by atomic mass is 16.6. The van der Waals surface area contributed by atoms with Crippen LogP contribution in [0.2, 0.25) is 0 Å². The van der Waals surface area contributed by atoms with Gasteiger partial charge in [-0.05, 0) is 56.2 Å². The molecule has 0 aliphatic heterocycles. The molecule has 5 heteroatoms. The van der Waals surface area contributed by atoms with Gasteiger partial charge in [0.15, 0.2) is 6.61 Å². The van der Waals surface area contributed by atoms with Gasteiger partial charge in [-0.15, -0.1) is 0 Å². The lowest BCUT2D eigenvalue weighted by Gasteiger charge is -2.22. The Morgan fingerprint density at radius 1 is 1.08 bits per heavy atom. The fourth-order valence-corrected chi connectivity index (χ4v) is 3.21. The van der Waals surface area contributed by atoms with Crippen LogP contribution < -0.4 is 4.74 Å². The predicted octanol–water partition coefficient (Wildman–Crippen LogP) is 3.53. The van der Waals surface area contributed by atoms with Crippen molar-refractivity contribution in [3.63, 3.8) is 0 Å². The summed E-state index contributed by atoms with van der Waals surface area (Å²) in [5, 5.41) is 0. The van der Waals surface area contributed by atoms with Gasteiger partial charge in [0.05, 0.1) is 13.5 Å². The molecule has 1 aromatic rings. The summed E-state index contributed by atoms with van der Waals surface area (Å²) in [5.41, 5.74) is 2.95. The van der Waals surface area contributed by atoms with Gasteiger partial charge in [-0.1, -0.05) is 19.4 Å². The summed E-state index contributed by atoms with van der Waals surface area (Å²) in [6.45, 7) is 3.92. The summed E-state index contributed by atoms with van der Waals surface area (Å²) < 4.78 is 15.9. The van der Waals surface area contributed by atoms with Gasteiger partial charge >= 0.3 is 11.9 Å². The number of rotatable bonds is 7. The van der Waals surface area contributed by atoms with Gasteiger partial charge in [0.1, 0.15) is 11.9 Å². The second-order valence-electron chi connectivity index (χ2n) is 6.53.